The first-order chi connectivity index (χ1) is 16.9. The number of halogens is 2. The second-order valence-corrected chi connectivity index (χ2v) is 8.54. The van der Waals surface area contributed by atoms with Crippen molar-refractivity contribution in [2.45, 2.75) is 25.3 Å². The third-order valence-corrected chi connectivity index (χ3v) is 5.93. The predicted octanol–water partition coefficient (Wildman–Crippen LogP) is 4.63. The van der Waals surface area contributed by atoms with Gasteiger partial charge in [-0.05, 0) is 48.7 Å². The number of nitrogens with zero attached hydrogens (tertiary/aromatic N) is 4. The van der Waals surface area contributed by atoms with Crippen molar-refractivity contribution in [1.29, 1.82) is 0 Å². The number of aromatic nitrogens is 4. The average Bonchev–Trinajstić information content (AvgIpc) is 3.70. The van der Waals surface area contributed by atoms with E-state index in [2.05, 4.69) is 15.3 Å². The molecule has 35 heavy (non-hydrogen) atoms. The van der Waals surface area contributed by atoms with Crippen LogP contribution in [0.2, 0.25) is 5.02 Å². The minimum atomic E-state index is -0.511. The molecule has 0 radical (unpaired) electrons. The fraction of sp³-hybridized carbons (Fsp3) is 0.160. The van der Waals surface area contributed by atoms with E-state index in [0.29, 0.717) is 28.3 Å². The Hall–Kier alpha value is -4.11. The van der Waals surface area contributed by atoms with Crippen molar-refractivity contribution in [3.05, 3.63) is 93.2 Å². The van der Waals surface area contributed by atoms with Gasteiger partial charge in [0.15, 0.2) is 11.5 Å². The molecule has 10 heteroatoms. The largest absolute Gasteiger partial charge is 0.436 e. The van der Waals surface area contributed by atoms with Crippen molar-refractivity contribution in [1.82, 2.24) is 20.0 Å². The van der Waals surface area contributed by atoms with Crippen LogP contribution in [0.5, 0.6) is 11.6 Å². The third-order valence-electron chi connectivity index (χ3n) is 5.52. The van der Waals surface area contributed by atoms with Crippen molar-refractivity contribution < 1.29 is 13.9 Å². The van der Waals surface area contributed by atoms with Crippen LogP contribution in [0, 0.1) is 5.82 Å². The molecule has 0 unspecified atom stereocenters. The quantitative estimate of drug-likeness (QED) is 0.296. The molecule has 4 aromatic rings. The second kappa shape index (κ2) is 9.27. The van der Waals surface area contributed by atoms with Crippen LogP contribution < -0.4 is 15.9 Å². The summed E-state index contributed by atoms with van der Waals surface area (Å²) in [5.41, 5.74) is 6.59. The zero-order chi connectivity index (χ0) is 24.5. The predicted molar refractivity (Wildman–Crippen MR) is 128 cm³/mol. The number of carbonyl (C=O) groups is 1. The van der Waals surface area contributed by atoms with Gasteiger partial charge in [0.05, 0.1) is 23.8 Å². The standard InChI is InChI=1S/C25H19ClFN5O3/c26-23-19(28)2-1-3-21(23)35-22-11-8-16(29-30-22)12-20(33)24-25(34)18(13-32(31-24)17-9-10-17)14-4-6-15(27)7-5-14/h1-8,11,13,17H,9-10,12,28H2. The zero-order valence-corrected chi connectivity index (χ0v) is 19.1. The number of carbonyl (C=O) groups excluding carboxylic acids is 1. The smallest absolute Gasteiger partial charge is 0.238 e. The van der Waals surface area contributed by atoms with E-state index in [0.717, 1.165) is 12.8 Å². The Morgan fingerprint density at radius 1 is 1.11 bits per heavy atom. The van der Waals surface area contributed by atoms with Crippen molar-refractivity contribution >= 4 is 23.1 Å². The van der Waals surface area contributed by atoms with Gasteiger partial charge in [0, 0.05) is 17.8 Å². The molecule has 0 amide bonds. The van der Waals surface area contributed by atoms with E-state index in [1.165, 1.54) is 24.3 Å². The number of ketones is 1. The number of Topliss-reactive ketones (excluding diaryl/α,β-unsaturated/α-hetero) is 1. The Labute approximate surface area is 204 Å². The zero-order valence-electron chi connectivity index (χ0n) is 18.3. The molecule has 1 aliphatic rings. The molecule has 2 N–H and O–H groups in total. The Morgan fingerprint density at radius 2 is 1.89 bits per heavy atom. The number of hydrogen-bond acceptors (Lipinski definition) is 7. The van der Waals surface area contributed by atoms with Gasteiger partial charge in [-0.25, -0.2) is 4.39 Å². The number of nitrogens with two attached hydrogens (primary N) is 1. The van der Waals surface area contributed by atoms with Gasteiger partial charge in [-0.3, -0.25) is 14.3 Å². The van der Waals surface area contributed by atoms with E-state index in [4.69, 9.17) is 22.1 Å². The monoisotopic (exact) mass is 491 g/mol. The maximum atomic E-state index is 13.4. The fourth-order valence-corrected chi connectivity index (χ4v) is 3.68. The lowest BCUT2D eigenvalue weighted by molar-refractivity contribution is 0.0983. The van der Waals surface area contributed by atoms with E-state index in [1.54, 1.807) is 41.2 Å². The van der Waals surface area contributed by atoms with E-state index in [9.17, 15) is 14.0 Å². The van der Waals surface area contributed by atoms with Crippen molar-refractivity contribution in [3.63, 3.8) is 0 Å². The molecule has 1 fully saturated rings. The Morgan fingerprint density at radius 3 is 2.57 bits per heavy atom. The molecule has 1 saturated carbocycles. The summed E-state index contributed by atoms with van der Waals surface area (Å²) >= 11 is 6.13. The van der Waals surface area contributed by atoms with Gasteiger partial charge in [0.2, 0.25) is 11.3 Å². The molecule has 8 nitrogen and oxygen atoms in total. The lowest BCUT2D eigenvalue weighted by Gasteiger charge is -2.10. The van der Waals surface area contributed by atoms with Gasteiger partial charge in [0.1, 0.15) is 16.6 Å². The summed E-state index contributed by atoms with van der Waals surface area (Å²) in [4.78, 5) is 26.2. The van der Waals surface area contributed by atoms with Crippen LogP contribution in [-0.4, -0.2) is 25.8 Å². The molecule has 1 aliphatic carbocycles. The molecular formula is C25H19ClFN5O3. The van der Waals surface area contributed by atoms with Crippen molar-refractivity contribution in [2.75, 3.05) is 5.73 Å². The average molecular weight is 492 g/mol. The molecule has 2 heterocycles. The van der Waals surface area contributed by atoms with Crippen LogP contribution >= 0.6 is 11.6 Å². The van der Waals surface area contributed by atoms with Crippen molar-refractivity contribution in [3.8, 4) is 22.8 Å². The van der Waals surface area contributed by atoms with Gasteiger partial charge in [-0.2, -0.15) is 10.2 Å². The lowest BCUT2D eigenvalue weighted by Crippen LogP contribution is -2.25. The summed E-state index contributed by atoms with van der Waals surface area (Å²) in [5, 5.41) is 12.6. The number of benzene rings is 2. The Balaban J connectivity index is 1.39. The first-order valence-electron chi connectivity index (χ1n) is 10.9. The first kappa shape index (κ1) is 22.7. The Kier molecular flexibility index (Phi) is 6.00. The topological polar surface area (TPSA) is 113 Å². The highest BCUT2D eigenvalue weighted by molar-refractivity contribution is 6.34. The number of rotatable bonds is 7. The highest BCUT2D eigenvalue weighted by Crippen LogP contribution is 2.35. The molecular weight excluding hydrogens is 473 g/mol. The summed E-state index contributed by atoms with van der Waals surface area (Å²) < 4.78 is 20.6. The molecule has 5 rings (SSSR count). The summed E-state index contributed by atoms with van der Waals surface area (Å²) in [6, 6.07) is 13.8. The third kappa shape index (κ3) is 4.90. The van der Waals surface area contributed by atoms with Crippen LogP contribution in [0.4, 0.5) is 10.1 Å². The number of anilines is 1. The number of ether oxygens (including phenoxy) is 1. The molecule has 0 saturated heterocycles. The molecule has 0 spiro atoms. The highest BCUT2D eigenvalue weighted by atomic mass is 35.5. The van der Waals surface area contributed by atoms with Crippen LogP contribution in [-0.2, 0) is 6.42 Å². The minimum Gasteiger partial charge on any atom is -0.436 e. The van der Waals surface area contributed by atoms with Gasteiger partial charge < -0.3 is 10.5 Å². The van der Waals surface area contributed by atoms with E-state index < -0.39 is 17.0 Å². The van der Waals surface area contributed by atoms with Crippen LogP contribution in [0.25, 0.3) is 11.1 Å². The second-order valence-electron chi connectivity index (χ2n) is 8.16. The fourth-order valence-electron chi connectivity index (χ4n) is 3.52. The maximum Gasteiger partial charge on any atom is 0.238 e. The van der Waals surface area contributed by atoms with Crippen molar-refractivity contribution in [2.24, 2.45) is 0 Å². The van der Waals surface area contributed by atoms with E-state index in [1.807, 2.05) is 0 Å². The van der Waals surface area contributed by atoms with E-state index >= 15 is 0 Å². The van der Waals surface area contributed by atoms with E-state index in [-0.39, 0.29) is 29.1 Å². The molecule has 0 aliphatic heterocycles. The number of hydrogen-bond donors (Lipinski definition) is 1. The lowest BCUT2D eigenvalue weighted by atomic mass is 10.0. The van der Waals surface area contributed by atoms with Gasteiger partial charge in [0.25, 0.3) is 0 Å². The summed E-state index contributed by atoms with van der Waals surface area (Å²) in [5.74, 6) is -0.408. The number of nitrogen functional groups attached to an aromatic ring is 1. The molecule has 2 aromatic heterocycles. The molecule has 0 atom stereocenters. The summed E-state index contributed by atoms with van der Waals surface area (Å²) in [6.45, 7) is 0. The summed E-state index contributed by atoms with van der Waals surface area (Å²) in [6.07, 6.45) is 3.27. The van der Waals surface area contributed by atoms with Gasteiger partial charge in [-0.1, -0.05) is 29.8 Å². The molecule has 2 aromatic carbocycles. The van der Waals surface area contributed by atoms with Crippen LogP contribution in [0.1, 0.15) is 35.1 Å². The minimum absolute atomic E-state index is 0.136. The molecule has 0 bridgehead atoms. The van der Waals surface area contributed by atoms with Gasteiger partial charge in [-0.15, -0.1) is 5.10 Å². The van der Waals surface area contributed by atoms with Gasteiger partial charge >= 0.3 is 0 Å². The van der Waals surface area contributed by atoms with Crippen LogP contribution in [0.3, 0.4) is 0 Å². The SMILES string of the molecule is Nc1cccc(Oc2ccc(CC(=O)c3nn(C4CC4)cc(-c4ccc(F)cc4)c3=O)nn2)c1Cl. The summed E-state index contributed by atoms with van der Waals surface area (Å²) in [7, 11) is 0. The molecule has 176 valence electrons. The maximum absolute atomic E-state index is 13.4. The highest BCUT2D eigenvalue weighted by Gasteiger charge is 2.27. The Bertz CT molecular complexity index is 1470. The normalized spacial score (nSPS) is 13.0. The first-order valence-corrected chi connectivity index (χ1v) is 11.2. The van der Waals surface area contributed by atoms with Crippen LogP contribution in [0.15, 0.2) is 65.6 Å².